The number of carboxylic acids is 1. The maximum Gasteiger partial charge on any atom is 0.337 e. The van der Waals surface area contributed by atoms with Gasteiger partial charge in [0.2, 0.25) is 0 Å². The third kappa shape index (κ3) is 7.37. The summed E-state index contributed by atoms with van der Waals surface area (Å²) in [5.41, 5.74) is 1.66. The molecule has 2 atom stereocenters. The molecule has 0 aliphatic rings. The second-order valence-corrected chi connectivity index (χ2v) is 5.31. The summed E-state index contributed by atoms with van der Waals surface area (Å²) in [5, 5.41) is 29.6. The average Bonchev–Trinajstić information content (AvgIpc) is 2.64. The van der Waals surface area contributed by atoms with Crippen LogP contribution in [0.15, 0.2) is 60.7 Å². The van der Waals surface area contributed by atoms with Crippen molar-refractivity contribution in [3.05, 3.63) is 71.8 Å². The minimum atomic E-state index is -1.41. The molecule has 2 rings (SSSR count). The van der Waals surface area contributed by atoms with Gasteiger partial charge in [-0.1, -0.05) is 67.6 Å². The highest BCUT2D eigenvalue weighted by molar-refractivity contribution is 5.73. The normalized spacial score (nSPS) is 12.6. The van der Waals surface area contributed by atoms with Crippen LogP contribution in [0.1, 0.15) is 30.6 Å². The number of hydrogen-bond acceptors (Lipinski definition) is 4. The van der Waals surface area contributed by atoms with Crippen LogP contribution in [0.2, 0.25) is 0 Å². The number of aliphatic hydroxyl groups excluding tert-OH is 2. The molecule has 0 aliphatic heterocycles. The molecule has 0 aromatic heterocycles. The maximum atomic E-state index is 10.2. The second-order valence-electron chi connectivity index (χ2n) is 5.31. The van der Waals surface area contributed by atoms with Crippen molar-refractivity contribution in [1.29, 1.82) is 0 Å². The molecule has 4 N–H and O–H groups in total. The van der Waals surface area contributed by atoms with Crippen molar-refractivity contribution in [1.82, 2.24) is 5.32 Å². The van der Waals surface area contributed by atoms with Crippen LogP contribution in [0.4, 0.5) is 0 Å². The van der Waals surface area contributed by atoms with Crippen molar-refractivity contribution in [2.45, 2.75) is 32.0 Å². The van der Waals surface area contributed by atoms with E-state index in [1.54, 1.807) is 30.3 Å². The number of nitrogens with one attached hydrogen (secondary N) is 1. The summed E-state index contributed by atoms with van der Waals surface area (Å²) in [5.74, 6) is -1.23. The summed E-state index contributed by atoms with van der Waals surface area (Å²) in [7, 11) is 0. The molecular weight excluding hydrogens is 306 g/mol. The van der Waals surface area contributed by atoms with Gasteiger partial charge in [-0.15, -0.1) is 0 Å². The summed E-state index contributed by atoms with van der Waals surface area (Å²) in [4.78, 5) is 10.2. The highest BCUT2D eigenvalue weighted by Gasteiger charge is 2.14. The Morgan fingerprint density at radius 1 is 1.04 bits per heavy atom. The van der Waals surface area contributed by atoms with E-state index in [4.69, 9.17) is 15.3 Å². The highest BCUT2D eigenvalue weighted by Crippen LogP contribution is 2.10. The first-order valence-electron chi connectivity index (χ1n) is 7.92. The van der Waals surface area contributed by atoms with Crippen LogP contribution < -0.4 is 5.32 Å². The molecule has 2 aromatic rings. The summed E-state index contributed by atoms with van der Waals surface area (Å²) < 4.78 is 0. The Kier molecular flexibility index (Phi) is 9.38. The molecule has 5 heteroatoms. The zero-order chi connectivity index (χ0) is 17.8. The van der Waals surface area contributed by atoms with Crippen molar-refractivity contribution < 1.29 is 20.1 Å². The van der Waals surface area contributed by atoms with Gasteiger partial charge in [0, 0.05) is 12.6 Å². The lowest BCUT2D eigenvalue weighted by atomic mass is 10.1. The monoisotopic (exact) mass is 331 g/mol. The third-order valence-electron chi connectivity index (χ3n) is 3.50. The lowest BCUT2D eigenvalue weighted by Crippen LogP contribution is -2.31. The Morgan fingerprint density at radius 3 is 2.04 bits per heavy atom. The zero-order valence-corrected chi connectivity index (χ0v) is 13.8. The largest absolute Gasteiger partial charge is 0.479 e. The first-order valence-corrected chi connectivity index (χ1v) is 7.92. The first kappa shape index (κ1) is 19.8. The van der Waals surface area contributed by atoms with E-state index >= 15 is 0 Å². The minimum Gasteiger partial charge on any atom is -0.479 e. The van der Waals surface area contributed by atoms with Gasteiger partial charge in [0.15, 0.2) is 6.10 Å². The first-order chi connectivity index (χ1) is 11.6. The molecule has 0 aliphatic carbocycles. The molecule has 0 bridgehead atoms. The van der Waals surface area contributed by atoms with E-state index in [0.29, 0.717) is 5.56 Å². The van der Waals surface area contributed by atoms with Crippen LogP contribution >= 0.6 is 0 Å². The van der Waals surface area contributed by atoms with Crippen LogP contribution in [0.3, 0.4) is 0 Å². The van der Waals surface area contributed by atoms with Crippen molar-refractivity contribution in [3.8, 4) is 0 Å². The number of aliphatic carboxylic acids is 1. The lowest BCUT2D eigenvalue weighted by molar-refractivity contribution is -0.146. The zero-order valence-electron chi connectivity index (χ0n) is 13.8. The van der Waals surface area contributed by atoms with Gasteiger partial charge < -0.3 is 20.6 Å². The van der Waals surface area contributed by atoms with Gasteiger partial charge in [0.05, 0.1) is 6.61 Å². The molecule has 24 heavy (non-hydrogen) atoms. The number of hydrogen-bond donors (Lipinski definition) is 4. The van der Waals surface area contributed by atoms with Crippen molar-refractivity contribution in [2.75, 3.05) is 6.61 Å². The summed E-state index contributed by atoms with van der Waals surface area (Å²) >= 11 is 0. The van der Waals surface area contributed by atoms with E-state index in [2.05, 4.69) is 24.4 Å². The van der Waals surface area contributed by atoms with Crippen molar-refractivity contribution in [3.63, 3.8) is 0 Å². The Labute approximate surface area is 142 Å². The molecule has 2 aromatic carbocycles. The molecule has 5 nitrogen and oxygen atoms in total. The fourth-order valence-corrected chi connectivity index (χ4v) is 1.97. The van der Waals surface area contributed by atoms with E-state index in [1.807, 2.05) is 18.2 Å². The van der Waals surface area contributed by atoms with Gasteiger partial charge in [-0.05, 0) is 17.5 Å². The molecule has 2 unspecified atom stereocenters. The molecular formula is C19H25NO4. The Bertz CT molecular complexity index is 570. The van der Waals surface area contributed by atoms with Gasteiger partial charge in [-0.25, -0.2) is 4.79 Å². The fourth-order valence-electron chi connectivity index (χ4n) is 1.97. The number of carbonyl (C=O) groups is 1. The van der Waals surface area contributed by atoms with Gasteiger partial charge in [0.25, 0.3) is 0 Å². The Hall–Kier alpha value is -2.21. The quantitative estimate of drug-likeness (QED) is 0.625. The average molecular weight is 331 g/mol. The van der Waals surface area contributed by atoms with Gasteiger partial charge >= 0.3 is 5.97 Å². The molecule has 0 radical (unpaired) electrons. The number of rotatable bonds is 7. The summed E-state index contributed by atoms with van der Waals surface area (Å²) in [6, 6.07) is 18.7. The van der Waals surface area contributed by atoms with E-state index in [0.717, 1.165) is 13.0 Å². The predicted molar refractivity (Wildman–Crippen MR) is 93.5 cm³/mol. The lowest BCUT2D eigenvalue weighted by Gasteiger charge is -2.13. The SMILES string of the molecule is CCC(CO)NCc1ccccc1.O=C(O)C(O)c1ccccc1. The molecule has 0 heterocycles. The standard InChI is InChI=1S/C11H17NO.C8H8O3/c1-2-11(9-13)12-8-10-6-4-3-5-7-10;9-7(8(10)11)6-4-2-1-3-5-6/h3-7,11-13H,2,8-9H2,1H3;1-5,7,9H,(H,10,11). The number of carboxylic acid groups (broad SMARTS) is 1. The van der Waals surface area contributed by atoms with Crippen molar-refractivity contribution in [2.24, 2.45) is 0 Å². The molecule has 0 saturated carbocycles. The van der Waals surface area contributed by atoms with Crippen LogP contribution in [0.25, 0.3) is 0 Å². The fraction of sp³-hybridized carbons (Fsp3) is 0.316. The smallest absolute Gasteiger partial charge is 0.337 e. The Balaban J connectivity index is 0.000000243. The second kappa shape index (κ2) is 11.3. The van der Waals surface area contributed by atoms with Crippen LogP contribution in [0.5, 0.6) is 0 Å². The van der Waals surface area contributed by atoms with Crippen LogP contribution in [0, 0.1) is 0 Å². The number of benzene rings is 2. The number of aliphatic hydroxyl groups is 2. The third-order valence-corrected chi connectivity index (χ3v) is 3.50. The molecule has 0 spiro atoms. The molecule has 0 fully saturated rings. The van der Waals surface area contributed by atoms with Crippen LogP contribution in [-0.2, 0) is 11.3 Å². The highest BCUT2D eigenvalue weighted by atomic mass is 16.4. The molecule has 0 saturated heterocycles. The summed E-state index contributed by atoms with van der Waals surface area (Å²) in [6.45, 7) is 3.11. The van der Waals surface area contributed by atoms with E-state index < -0.39 is 12.1 Å². The summed E-state index contributed by atoms with van der Waals surface area (Å²) in [6.07, 6.45) is -0.445. The van der Waals surface area contributed by atoms with E-state index in [-0.39, 0.29) is 12.6 Å². The molecule has 130 valence electrons. The van der Waals surface area contributed by atoms with Crippen molar-refractivity contribution >= 4 is 5.97 Å². The minimum absolute atomic E-state index is 0.212. The maximum absolute atomic E-state index is 10.2. The molecule has 0 amide bonds. The van der Waals surface area contributed by atoms with E-state index in [1.165, 1.54) is 5.56 Å². The predicted octanol–water partition coefficient (Wildman–Crippen LogP) is 2.35. The topological polar surface area (TPSA) is 89.8 Å². The Morgan fingerprint density at radius 2 is 1.58 bits per heavy atom. The van der Waals surface area contributed by atoms with Gasteiger partial charge in [0.1, 0.15) is 0 Å². The van der Waals surface area contributed by atoms with Gasteiger partial charge in [-0.3, -0.25) is 0 Å². The van der Waals surface area contributed by atoms with Crippen LogP contribution in [-0.4, -0.2) is 33.9 Å². The van der Waals surface area contributed by atoms with E-state index in [9.17, 15) is 4.79 Å². The van der Waals surface area contributed by atoms with Gasteiger partial charge in [-0.2, -0.15) is 0 Å².